The lowest BCUT2D eigenvalue weighted by molar-refractivity contribution is 0.0804. The third kappa shape index (κ3) is 32.2. The topological polar surface area (TPSA) is 192 Å². The normalized spacial score (nSPS) is 18.7. The summed E-state index contributed by atoms with van der Waals surface area (Å²) in [7, 11) is 1.63. The molecule has 3 N–H and O–H groups in total. The number of nitrogens with zero attached hydrogens (tertiary/aromatic N) is 6. The van der Waals surface area contributed by atoms with Crippen molar-refractivity contribution in [1.82, 2.24) is 29.4 Å². The first-order valence-electron chi connectivity index (χ1n) is 48.8. The summed E-state index contributed by atoms with van der Waals surface area (Å²) < 4.78 is 5.23. The lowest BCUT2D eigenvalue weighted by Crippen LogP contribution is -2.38. The Bertz CT molecular complexity index is 5830. The number of methoxy groups -OCH3 is 1. The second kappa shape index (κ2) is 55.3. The van der Waals surface area contributed by atoms with Crippen LogP contribution in [0.2, 0.25) is 20.1 Å². The van der Waals surface area contributed by atoms with Crippen LogP contribution < -0.4 is 4.74 Å². The number of ketones is 6. The van der Waals surface area contributed by atoms with E-state index in [0.717, 1.165) is 245 Å². The van der Waals surface area contributed by atoms with Crippen molar-refractivity contribution in [3.8, 4) is 5.75 Å². The van der Waals surface area contributed by atoms with E-state index in [1.807, 2.05) is 170 Å². The third-order valence-electron chi connectivity index (χ3n) is 26.9. The zero-order chi connectivity index (χ0) is 96.8. The van der Waals surface area contributed by atoms with Crippen molar-refractivity contribution in [1.29, 1.82) is 0 Å². The highest BCUT2D eigenvalue weighted by atomic mass is 35.5. The zero-order valence-corrected chi connectivity index (χ0v) is 82.2. The molecule has 6 saturated heterocycles. The van der Waals surface area contributed by atoms with Gasteiger partial charge in [0.15, 0.2) is 34.7 Å². The maximum Gasteiger partial charge on any atom is 0.167 e. The van der Waals surface area contributed by atoms with Gasteiger partial charge in [-0.05, 0) is 221 Å². The number of benzene rings is 12. The maximum absolute atomic E-state index is 12.9. The number of likely N-dealkylation sites (tertiary alicyclic amines) is 6. The summed E-state index contributed by atoms with van der Waals surface area (Å²) in [4.78, 5) is 90.5. The second-order valence-electron chi connectivity index (χ2n) is 37.0. The summed E-state index contributed by atoms with van der Waals surface area (Å²) in [6.45, 7) is 16.1. The minimum Gasteiger partial charge on any atom is -0.497 e. The van der Waals surface area contributed by atoms with Crippen LogP contribution in [0.3, 0.4) is 0 Å². The number of halogens is 4. The molecule has 0 spiro atoms. The van der Waals surface area contributed by atoms with Crippen LogP contribution in [0, 0.1) is 35.5 Å². The Morgan fingerprint density at radius 3 is 0.891 bits per heavy atom. The number of aliphatic hydroxyl groups excluding tert-OH is 3. The van der Waals surface area contributed by atoms with E-state index in [9.17, 15) is 44.1 Å². The predicted octanol–water partition coefficient (Wildman–Crippen LogP) is 23.8. The smallest absolute Gasteiger partial charge is 0.167 e. The summed E-state index contributed by atoms with van der Waals surface area (Å²) in [6, 6.07) is 102. The fraction of sp³-hybridized carbons (Fsp3) is 0.339. The molecule has 0 saturated carbocycles. The van der Waals surface area contributed by atoms with Crippen LogP contribution in [-0.4, -0.2) is 165 Å². The van der Waals surface area contributed by atoms with Crippen molar-refractivity contribution in [3.05, 3.63) is 419 Å². The van der Waals surface area contributed by atoms with Gasteiger partial charge >= 0.3 is 0 Å². The second-order valence-corrected chi connectivity index (χ2v) is 38.7. The predicted molar refractivity (Wildman–Crippen MR) is 556 cm³/mol. The lowest BCUT2D eigenvalue weighted by atomic mass is 9.88. The van der Waals surface area contributed by atoms with Crippen LogP contribution in [0.5, 0.6) is 5.75 Å². The third-order valence-corrected chi connectivity index (χ3v) is 28.2. The molecule has 6 fully saturated rings. The summed E-state index contributed by atoms with van der Waals surface area (Å²) in [5, 5.41) is 30.6. The quantitative estimate of drug-likeness (QED) is 0.0392. The van der Waals surface area contributed by atoms with Crippen LogP contribution >= 0.6 is 46.4 Å². The number of aliphatic hydroxyl groups is 3. The summed E-state index contributed by atoms with van der Waals surface area (Å²) in [5.41, 5.74) is 14.2. The first kappa shape index (κ1) is 105. The molecule has 12 aromatic carbocycles. The standard InChI is InChI=1S/C21H25NO3.2C20H23NO2.C19H19Cl2NO.2C19H20ClNO/c23-14-19-9-8-17(11-20(19)15-24)21(25)18-7-4-10-22(13-18)12-16-5-2-1-3-6-16;1-23-19-11-5-9-17(13-19)20(22)18-10-6-12-21(15-18)14-16-7-3-2-4-8-16;22-15-19-10-5-4-9-17(19)13-21-12-6-11-18(14-21)20(23)16-7-2-1-3-8-16;20-17-9-8-15(11-18(17)21)19(23)16-7-4-10-22(13-16)12-14-5-2-1-3-6-14;20-18-10-4-8-16(12-18)19(22)17-9-5-11-21(14-17)13-15-6-2-1-3-7-15;20-18-11-5-4-9-16(18)13-21-12-6-10-17(14-21)19(22)15-7-2-1-3-8-15/h1-3,5-6,8-9,11,18,23-24H,4,7,10,12-15H2;2-5,7-9,11,13,18H,6,10,12,14-15H2,1H3;1-5,7-10,18,22H,6,11-15H2;1-3,5-6,8-9,11,16H,4,7,10,12-13H2;1-4,6-8,10,12,17H,5,9,11,13-14H2;1-5,7-9,11,17H,6,10,12-14H2. The monoisotopic (exact) mass is 1930 g/mol. The Kier molecular flexibility index (Phi) is 41.9. The fourth-order valence-corrected chi connectivity index (χ4v) is 20.3. The van der Waals surface area contributed by atoms with Gasteiger partial charge in [-0.3, -0.25) is 58.2 Å². The van der Waals surface area contributed by atoms with Crippen molar-refractivity contribution in [2.45, 2.75) is 136 Å². The Balaban J connectivity index is 0.000000140. The zero-order valence-electron chi connectivity index (χ0n) is 79.2. The van der Waals surface area contributed by atoms with E-state index in [2.05, 4.69) is 126 Å². The first-order valence-corrected chi connectivity index (χ1v) is 50.3. The molecule has 0 radical (unpaired) electrons. The number of carbonyl (C=O) groups is 6. The molecular formula is C118H130Cl4N6O10. The highest BCUT2D eigenvalue weighted by Gasteiger charge is 2.34. The Morgan fingerprint density at radius 1 is 0.254 bits per heavy atom. The molecule has 0 aliphatic carbocycles. The number of hydrogen-bond donors (Lipinski definition) is 3. The van der Waals surface area contributed by atoms with Gasteiger partial charge in [0, 0.05) is 157 Å². The average Bonchev–Trinajstić information content (AvgIpc) is 0.803. The maximum atomic E-state index is 12.9. The SMILES string of the molecule is COc1cccc(C(=O)C2CCCN(Cc3ccccc3)C2)c1.O=C(c1ccc(CO)c(CO)c1)C1CCCN(Cc2ccccc2)C1.O=C(c1ccc(Cl)c(Cl)c1)C1CCCN(Cc2ccccc2)C1.O=C(c1cccc(Cl)c1)C1CCCN(Cc2ccccc2)C1.O=C(c1ccccc1)C1CCCN(Cc2ccccc2CO)C1.O=C(c1ccccc1)C1CCCN(Cc2ccccc2Cl)C1. The molecule has 20 heteroatoms. The van der Waals surface area contributed by atoms with E-state index in [0.29, 0.717) is 37.3 Å². The van der Waals surface area contributed by atoms with Gasteiger partial charge in [-0.2, -0.15) is 0 Å². The highest BCUT2D eigenvalue weighted by molar-refractivity contribution is 6.42. The van der Waals surface area contributed by atoms with E-state index in [1.54, 1.807) is 55.6 Å². The Hall–Kier alpha value is -10.7. The van der Waals surface area contributed by atoms with Crippen molar-refractivity contribution in [3.63, 3.8) is 0 Å². The number of hydrogen-bond acceptors (Lipinski definition) is 16. The van der Waals surface area contributed by atoms with Crippen LogP contribution in [0.15, 0.2) is 315 Å². The van der Waals surface area contributed by atoms with Crippen LogP contribution in [0.25, 0.3) is 0 Å². The van der Waals surface area contributed by atoms with Gasteiger partial charge in [-0.25, -0.2) is 0 Å². The summed E-state index contributed by atoms with van der Waals surface area (Å²) in [6.07, 6.45) is 12.0. The molecule has 6 unspecified atom stereocenters. The first-order chi connectivity index (χ1) is 67.3. The Labute approximate surface area is 835 Å². The molecule has 6 atom stereocenters. The molecule has 6 heterocycles. The minimum absolute atomic E-state index is 0.0102. The van der Waals surface area contributed by atoms with Gasteiger partial charge in [-0.15, -0.1) is 0 Å². The van der Waals surface area contributed by atoms with Gasteiger partial charge in [0.1, 0.15) is 5.75 Å². The van der Waals surface area contributed by atoms with Crippen molar-refractivity contribution in [2.75, 3.05) is 85.6 Å². The molecule has 720 valence electrons. The molecule has 0 amide bonds. The minimum atomic E-state index is -0.165. The Morgan fingerprint density at radius 2 is 0.536 bits per heavy atom. The molecule has 6 aliphatic heterocycles. The van der Waals surface area contributed by atoms with Crippen LogP contribution in [-0.2, 0) is 59.1 Å². The van der Waals surface area contributed by atoms with Gasteiger partial charge in [-0.1, -0.05) is 307 Å². The van der Waals surface area contributed by atoms with Gasteiger partial charge in [0.2, 0.25) is 0 Å². The molecule has 0 aromatic heterocycles. The van der Waals surface area contributed by atoms with Crippen molar-refractivity contribution >= 4 is 81.1 Å². The highest BCUT2D eigenvalue weighted by Crippen LogP contribution is 2.33. The number of ether oxygens (including phenoxy) is 1. The van der Waals surface area contributed by atoms with Crippen molar-refractivity contribution in [2.24, 2.45) is 35.5 Å². The van der Waals surface area contributed by atoms with E-state index in [-0.39, 0.29) is 90.0 Å². The molecule has 12 aromatic rings. The molecular weight excluding hydrogens is 1800 g/mol. The van der Waals surface area contributed by atoms with E-state index in [4.69, 9.17) is 51.1 Å². The summed E-state index contributed by atoms with van der Waals surface area (Å²) >= 11 is 24.2. The average molecular weight is 1930 g/mol. The fourth-order valence-electron chi connectivity index (χ4n) is 19.6. The number of piperidine rings is 6. The molecule has 138 heavy (non-hydrogen) atoms. The molecule has 6 aliphatic rings. The van der Waals surface area contributed by atoms with Gasteiger partial charge < -0.3 is 20.1 Å². The van der Waals surface area contributed by atoms with Crippen LogP contribution in [0.1, 0.15) is 189 Å². The molecule has 0 bridgehead atoms. The molecule has 18 rings (SSSR count). The van der Waals surface area contributed by atoms with E-state index in [1.165, 1.54) is 22.3 Å². The van der Waals surface area contributed by atoms with E-state index >= 15 is 0 Å². The molecule has 16 nitrogen and oxygen atoms in total. The van der Waals surface area contributed by atoms with Crippen molar-refractivity contribution < 1.29 is 48.8 Å². The lowest BCUT2D eigenvalue weighted by Gasteiger charge is -2.32. The largest absolute Gasteiger partial charge is 0.497 e. The number of carbonyl (C=O) groups excluding carboxylic acids is 6. The summed E-state index contributed by atoms with van der Waals surface area (Å²) in [5.74, 6) is 2.39. The number of rotatable bonds is 28. The van der Waals surface area contributed by atoms with Crippen LogP contribution in [0.4, 0.5) is 0 Å². The van der Waals surface area contributed by atoms with Gasteiger partial charge in [0.05, 0.1) is 37.0 Å². The van der Waals surface area contributed by atoms with Gasteiger partial charge in [0.25, 0.3) is 0 Å². The van der Waals surface area contributed by atoms with E-state index < -0.39 is 0 Å². The number of Topliss-reactive ketones (excluding diaryl/α,β-unsaturated/α-hetero) is 6.